The molecule has 0 heterocycles. The molecule has 0 aromatic carbocycles. The Balaban J connectivity index is 4.54. The van der Waals surface area contributed by atoms with E-state index in [4.69, 9.17) is 9.47 Å². The lowest BCUT2D eigenvalue weighted by molar-refractivity contribution is -0.151. The number of carbonyl (C=O) groups excluding carboxylic acids is 1. The van der Waals surface area contributed by atoms with Gasteiger partial charge in [0, 0.05) is 13.2 Å². The van der Waals surface area contributed by atoms with Crippen LogP contribution >= 0.6 is 0 Å². The van der Waals surface area contributed by atoms with Crippen LogP contribution in [0.15, 0.2) is 0 Å². The predicted molar refractivity (Wildman–Crippen MR) is 64.4 cm³/mol. The lowest BCUT2D eigenvalue weighted by Crippen LogP contribution is -2.48. The lowest BCUT2D eigenvalue weighted by Gasteiger charge is -2.33. The van der Waals surface area contributed by atoms with E-state index in [1.165, 1.54) is 0 Å². The molecule has 0 rings (SSSR count). The number of esters is 1. The minimum Gasteiger partial charge on any atom is -0.465 e. The molecule has 96 valence electrons. The van der Waals surface area contributed by atoms with Gasteiger partial charge in [0.15, 0.2) is 0 Å². The third-order valence-electron chi connectivity index (χ3n) is 2.68. The maximum absolute atomic E-state index is 11.8. The van der Waals surface area contributed by atoms with Gasteiger partial charge in [0.2, 0.25) is 0 Å². The van der Waals surface area contributed by atoms with E-state index in [1.54, 1.807) is 7.11 Å². The van der Waals surface area contributed by atoms with Crippen molar-refractivity contribution in [2.24, 2.45) is 0 Å². The fraction of sp³-hybridized carbons (Fsp3) is 0.917. The summed E-state index contributed by atoms with van der Waals surface area (Å²) in [4.78, 5) is 13.9. The Kier molecular flexibility index (Phi) is 8.21. The second-order valence-corrected chi connectivity index (χ2v) is 3.81. The van der Waals surface area contributed by atoms with Gasteiger partial charge in [-0.05, 0) is 26.8 Å². The molecule has 0 aliphatic carbocycles. The number of rotatable bonds is 8. The van der Waals surface area contributed by atoms with E-state index >= 15 is 0 Å². The maximum atomic E-state index is 11.8. The second kappa shape index (κ2) is 8.53. The van der Waals surface area contributed by atoms with Crippen LogP contribution in [0.4, 0.5) is 0 Å². The normalized spacial score (nSPS) is 14.9. The number of nitrogens with zero attached hydrogens (tertiary/aromatic N) is 1. The Bertz CT molecular complexity index is 197. The molecule has 0 bridgehead atoms. The van der Waals surface area contributed by atoms with Crippen LogP contribution in [-0.2, 0) is 14.3 Å². The van der Waals surface area contributed by atoms with E-state index in [-0.39, 0.29) is 18.1 Å². The molecule has 16 heavy (non-hydrogen) atoms. The summed E-state index contributed by atoms with van der Waals surface area (Å²) in [6, 6.07) is 0.0689. The molecule has 2 unspecified atom stereocenters. The predicted octanol–water partition coefficient (Wildman–Crippen LogP) is 1.68. The average molecular weight is 231 g/mol. The van der Waals surface area contributed by atoms with Gasteiger partial charge >= 0.3 is 5.97 Å². The quantitative estimate of drug-likeness (QED) is 0.596. The molecule has 4 heteroatoms. The van der Waals surface area contributed by atoms with Gasteiger partial charge in [-0.2, -0.15) is 0 Å². The third kappa shape index (κ3) is 4.49. The Morgan fingerprint density at radius 1 is 1.31 bits per heavy atom. The van der Waals surface area contributed by atoms with E-state index in [0.29, 0.717) is 13.2 Å². The number of ether oxygens (including phenoxy) is 2. The summed E-state index contributed by atoms with van der Waals surface area (Å²) in [5.74, 6) is -0.130. The molecule has 0 aliphatic rings. The zero-order chi connectivity index (χ0) is 12.6. The van der Waals surface area contributed by atoms with Crippen molar-refractivity contribution in [3.63, 3.8) is 0 Å². The van der Waals surface area contributed by atoms with E-state index in [0.717, 1.165) is 13.0 Å². The summed E-state index contributed by atoms with van der Waals surface area (Å²) in [6.45, 7) is 9.84. The summed E-state index contributed by atoms with van der Waals surface area (Å²) in [7, 11) is 1.68. The zero-order valence-electron chi connectivity index (χ0n) is 11.2. The van der Waals surface area contributed by atoms with Crippen molar-refractivity contribution < 1.29 is 14.3 Å². The summed E-state index contributed by atoms with van der Waals surface area (Å²) >= 11 is 0. The van der Waals surface area contributed by atoms with Crippen LogP contribution in [0.3, 0.4) is 0 Å². The fourth-order valence-corrected chi connectivity index (χ4v) is 1.95. The van der Waals surface area contributed by atoms with Crippen molar-refractivity contribution in [3.8, 4) is 0 Å². The van der Waals surface area contributed by atoms with Gasteiger partial charge in [0.1, 0.15) is 6.04 Å². The topological polar surface area (TPSA) is 38.8 Å². The first-order valence-corrected chi connectivity index (χ1v) is 6.03. The zero-order valence-corrected chi connectivity index (χ0v) is 11.2. The lowest BCUT2D eigenvalue weighted by atomic mass is 10.1. The summed E-state index contributed by atoms with van der Waals surface area (Å²) in [6.07, 6.45) is 0.765. The highest BCUT2D eigenvalue weighted by atomic mass is 16.5. The fourth-order valence-electron chi connectivity index (χ4n) is 1.95. The SMILES string of the molecule is CCOC(=O)C(CC)N(CC)C(C)COC. The summed E-state index contributed by atoms with van der Waals surface area (Å²) in [5.41, 5.74) is 0. The first-order valence-electron chi connectivity index (χ1n) is 6.03. The van der Waals surface area contributed by atoms with Crippen LogP contribution < -0.4 is 0 Å². The van der Waals surface area contributed by atoms with Crippen LogP contribution in [0.25, 0.3) is 0 Å². The highest BCUT2D eigenvalue weighted by molar-refractivity contribution is 5.75. The standard InChI is InChI=1S/C12H25NO3/c1-6-11(12(14)16-8-3)13(7-2)10(4)9-15-5/h10-11H,6-9H2,1-5H3. The smallest absolute Gasteiger partial charge is 0.323 e. The van der Waals surface area contributed by atoms with Gasteiger partial charge < -0.3 is 9.47 Å². The molecule has 0 N–H and O–H groups in total. The van der Waals surface area contributed by atoms with Crippen molar-refractivity contribution >= 4 is 5.97 Å². The van der Waals surface area contributed by atoms with E-state index in [1.807, 2.05) is 20.8 Å². The first-order chi connectivity index (χ1) is 7.62. The van der Waals surface area contributed by atoms with Gasteiger partial charge in [0.05, 0.1) is 13.2 Å². The molecule has 0 spiro atoms. The molecule has 4 nitrogen and oxygen atoms in total. The van der Waals surface area contributed by atoms with Gasteiger partial charge in [-0.25, -0.2) is 0 Å². The monoisotopic (exact) mass is 231 g/mol. The van der Waals surface area contributed by atoms with Gasteiger partial charge in [-0.1, -0.05) is 13.8 Å². The number of likely N-dealkylation sites (N-methyl/N-ethyl adjacent to an activating group) is 1. The molecule has 0 saturated heterocycles. The molecular weight excluding hydrogens is 206 g/mol. The summed E-state index contributed by atoms with van der Waals surface area (Å²) in [5, 5.41) is 0. The highest BCUT2D eigenvalue weighted by Crippen LogP contribution is 2.11. The van der Waals surface area contributed by atoms with Crippen LogP contribution in [-0.4, -0.2) is 49.8 Å². The van der Waals surface area contributed by atoms with Crippen molar-refractivity contribution in [1.29, 1.82) is 0 Å². The first kappa shape index (κ1) is 15.4. The van der Waals surface area contributed by atoms with Gasteiger partial charge in [-0.15, -0.1) is 0 Å². The molecule has 0 aromatic heterocycles. The Labute approximate surface area is 98.9 Å². The second-order valence-electron chi connectivity index (χ2n) is 3.81. The summed E-state index contributed by atoms with van der Waals surface area (Å²) < 4.78 is 10.2. The Morgan fingerprint density at radius 3 is 2.31 bits per heavy atom. The molecule has 0 saturated carbocycles. The number of carbonyl (C=O) groups is 1. The Morgan fingerprint density at radius 2 is 1.94 bits per heavy atom. The third-order valence-corrected chi connectivity index (χ3v) is 2.68. The molecule has 2 atom stereocenters. The van der Waals surface area contributed by atoms with Gasteiger partial charge in [-0.3, -0.25) is 9.69 Å². The minimum absolute atomic E-state index is 0.130. The number of methoxy groups -OCH3 is 1. The number of hydrogen-bond acceptors (Lipinski definition) is 4. The van der Waals surface area contributed by atoms with Crippen LogP contribution in [0, 0.1) is 0 Å². The number of hydrogen-bond donors (Lipinski definition) is 0. The molecule has 0 radical (unpaired) electrons. The van der Waals surface area contributed by atoms with E-state index < -0.39 is 0 Å². The van der Waals surface area contributed by atoms with Crippen LogP contribution in [0.1, 0.15) is 34.1 Å². The molecular formula is C12H25NO3. The van der Waals surface area contributed by atoms with Crippen molar-refractivity contribution in [2.75, 3.05) is 26.9 Å². The van der Waals surface area contributed by atoms with Crippen LogP contribution in [0.5, 0.6) is 0 Å². The highest BCUT2D eigenvalue weighted by Gasteiger charge is 2.27. The minimum atomic E-state index is -0.157. The maximum Gasteiger partial charge on any atom is 0.323 e. The molecule has 0 fully saturated rings. The molecule has 0 amide bonds. The largest absolute Gasteiger partial charge is 0.465 e. The van der Waals surface area contributed by atoms with Crippen molar-refractivity contribution in [2.45, 2.75) is 46.2 Å². The average Bonchev–Trinajstić information content (AvgIpc) is 2.25. The van der Waals surface area contributed by atoms with Gasteiger partial charge in [0.25, 0.3) is 0 Å². The van der Waals surface area contributed by atoms with Crippen molar-refractivity contribution in [3.05, 3.63) is 0 Å². The van der Waals surface area contributed by atoms with E-state index in [9.17, 15) is 4.79 Å². The Hall–Kier alpha value is -0.610. The van der Waals surface area contributed by atoms with Crippen molar-refractivity contribution in [1.82, 2.24) is 4.90 Å². The molecule has 0 aliphatic heterocycles. The van der Waals surface area contributed by atoms with E-state index in [2.05, 4.69) is 11.8 Å². The van der Waals surface area contributed by atoms with Crippen LogP contribution in [0.2, 0.25) is 0 Å². The molecule has 0 aromatic rings.